The zero-order valence-corrected chi connectivity index (χ0v) is 11.1. The van der Waals surface area contributed by atoms with E-state index in [1.165, 1.54) is 13.3 Å². The summed E-state index contributed by atoms with van der Waals surface area (Å²) in [4.78, 5) is 19.9. The van der Waals surface area contributed by atoms with Gasteiger partial charge in [0, 0.05) is 17.8 Å². The van der Waals surface area contributed by atoms with Crippen molar-refractivity contribution in [2.45, 2.75) is 0 Å². The predicted molar refractivity (Wildman–Crippen MR) is 70.7 cm³/mol. The van der Waals surface area contributed by atoms with Crippen LogP contribution in [0.15, 0.2) is 41.3 Å². The fraction of sp³-hybridized carbons (Fsp3) is 0.0833. The number of amides is 1. The molecular weight excluding hydrogens is 298 g/mol. The molecule has 0 aliphatic carbocycles. The number of anilines is 1. The van der Waals surface area contributed by atoms with Gasteiger partial charge in [-0.05, 0) is 34.1 Å². The van der Waals surface area contributed by atoms with Crippen LogP contribution in [0.25, 0.3) is 0 Å². The van der Waals surface area contributed by atoms with Crippen LogP contribution in [-0.2, 0) is 0 Å². The lowest BCUT2D eigenvalue weighted by Gasteiger charge is -2.05. The number of carbonyl (C=O) groups is 1. The van der Waals surface area contributed by atoms with E-state index in [0.29, 0.717) is 21.7 Å². The summed E-state index contributed by atoms with van der Waals surface area (Å²) in [5, 5.41) is 2.73. The molecule has 0 aromatic carbocycles. The third-order valence-corrected chi connectivity index (χ3v) is 2.63. The maximum atomic E-state index is 11.9. The number of aromatic nitrogens is 2. The second-order valence-corrected chi connectivity index (χ2v) is 4.22. The van der Waals surface area contributed by atoms with Crippen molar-refractivity contribution in [2.24, 2.45) is 0 Å². The number of rotatable bonds is 3. The summed E-state index contributed by atoms with van der Waals surface area (Å²) >= 11 is 3.21. The van der Waals surface area contributed by atoms with Gasteiger partial charge in [-0.2, -0.15) is 0 Å². The number of methoxy groups -OCH3 is 1. The average Bonchev–Trinajstić information content (AvgIpc) is 2.39. The summed E-state index contributed by atoms with van der Waals surface area (Å²) in [6, 6.07) is 6.68. The van der Waals surface area contributed by atoms with Gasteiger partial charge in [-0.15, -0.1) is 0 Å². The SMILES string of the molecule is COc1ccc(NC(=O)c2ccnc(Br)c2)cn1. The van der Waals surface area contributed by atoms with Crippen LogP contribution in [0.3, 0.4) is 0 Å². The highest BCUT2D eigenvalue weighted by molar-refractivity contribution is 9.10. The van der Waals surface area contributed by atoms with Crippen molar-refractivity contribution in [2.75, 3.05) is 12.4 Å². The van der Waals surface area contributed by atoms with Crippen molar-refractivity contribution in [1.82, 2.24) is 9.97 Å². The van der Waals surface area contributed by atoms with Gasteiger partial charge in [-0.1, -0.05) is 0 Å². The minimum Gasteiger partial charge on any atom is -0.481 e. The van der Waals surface area contributed by atoms with Crippen LogP contribution in [0.2, 0.25) is 0 Å². The molecule has 0 unspecified atom stereocenters. The van der Waals surface area contributed by atoms with Gasteiger partial charge in [0.1, 0.15) is 4.60 Å². The number of hydrogen-bond acceptors (Lipinski definition) is 4. The monoisotopic (exact) mass is 307 g/mol. The molecule has 0 aliphatic rings. The molecule has 2 aromatic heterocycles. The molecule has 6 heteroatoms. The van der Waals surface area contributed by atoms with Gasteiger partial charge >= 0.3 is 0 Å². The third kappa shape index (κ3) is 3.04. The Balaban J connectivity index is 2.11. The molecule has 0 radical (unpaired) electrons. The molecule has 0 atom stereocenters. The smallest absolute Gasteiger partial charge is 0.255 e. The lowest BCUT2D eigenvalue weighted by atomic mass is 10.2. The van der Waals surface area contributed by atoms with Crippen molar-refractivity contribution < 1.29 is 9.53 Å². The minimum atomic E-state index is -0.218. The summed E-state index contributed by atoms with van der Waals surface area (Å²) in [6.07, 6.45) is 3.10. The van der Waals surface area contributed by atoms with Gasteiger partial charge in [0.15, 0.2) is 0 Å². The van der Waals surface area contributed by atoms with E-state index in [9.17, 15) is 4.79 Å². The molecule has 2 aromatic rings. The van der Waals surface area contributed by atoms with Gasteiger partial charge in [0.05, 0.1) is 19.0 Å². The highest BCUT2D eigenvalue weighted by atomic mass is 79.9. The number of carbonyl (C=O) groups excluding carboxylic acids is 1. The molecule has 0 spiro atoms. The molecule has 0 saturated heterocycles. The molecule has 2 rings (SSSR count). The second-order valence-electron chi connectivity index (χ2n) is 3.41. The molecule has 92 valence electrons. The van der Waals surface area contributed by atoms with Crippen LogP contribution in [-0.4, -0.2) is 23.0 Å². The largest absolute Gasteiger partial charge is 0.481 e. The standard InChI is InChI=1S/C12H10BrN3O2/c1-18-11-3-2-9(7-15-11)16-12(17)8-4-5-14-10(13)6-8/h2-7H,1H3,(H,16,17). The summed E-state index contributed by atoms with van der Waals surface area (Å²) in [6.45, 7) is 0. The Kier molecular flexibility index (Phi) is 3.88. The summed E-state index contributed by atoms with van der Waals surface area (Å²) in [7, 11) is 1.54. The van der Waals surface area contributed by atoms with E-state index in [2.05, 4.69) is 31.2 Å². The molecule has 2 heterocycles. The molecule has 1 N–H and O–H groups in total. The number of halogens is 1. The molecule has 0 aliphatic heterocycles. The quantitative estimate of drug-likeness (QED) is 0.885. The molecule has 18 heavy (non-hydrogen) atoms. The highest BCUT2D eigenvalue weighted by Crippen LogP contribution is 2.13. The Morgan fingerprint density at radius 3 is 2.78 bits per heavy atom. The first-order chi connectivity index (χ1) is 8.69. The lowest BCUT2D eigenvalue weighted by molar-refractivity contribution is 0.102. The van der Waals surface area contributed by atoms with E-state index < -0.39 is 0 Å². The molecular formula is C12H10BrN3O2. The van der Waals surface area contributed by atoms with E-state index in [4.69, 9.17) is 4.74 Å². The number of nitrogens with one attached hydrogen (secondary N) is 1. The Morgan fingerprint density at radius 2 is 2.17 bits per heavy atom. The molecule has 0 saturated carbocycles. The summed E-state index contributed by atoms with van der Waals surface area (Å²) in [5.74, 6) is 0.282. The van der Waals surface area contributed by atoms with Crippen LogP contribution in [0, 0.1) is 0 Å². The third-order valence-electron chi connectivity index (χ3n) is 2.19. The van der Waals surface area contributed by atoms with Gasteiger partial charge in [0.25, 0.3) is 5.91 Å². The van der Waals surface area contributed by atoms with Crippen molar-refractivity contribution in [3.8, 4) is 5.88 Å². The Morgan fingerprint density at radius 1 is 1.33 bits per heavy atom. The number of pyridine rings is 2. The normalized spacial score (nSPS) is 9.89. The van der Waals surface area contributed by atoms with Gasteiger partial charge in [0.2, 0.25) is 5.88 Å². The van der Waals surface area contributed by atoms with Crippen LogP contribution in [0.1, 0.15) is 10.4 Å². The first-order valence-corrected chi connectivity index (χ1v) is 5.91. The lowest BCUT2D eigenvalue weighted by Crippen LogP contribution is -2.12. The minimum absolute atomic E-state index is 0.218. The summed E-state index contributed by atoms with van der Waals surface area (Å²) < 4.78 is 5.55. The van der Waals surface area contributed by atoms with Crippen LogP contribution < -0.4 is 10.1 Å². The van der Waals surface area contributed by atoms with E-state index in [1.807, 2.05) is 0 Å². The van der Waals surface area contributed by atoms with Crippen molar-refractivity contribution in [3.63, 3.8) is 0 Å². The maximum absolute atomic E-state index is 11.9. The van der Waals surface area contributed by atoms with Gasteiger partial charge in [-0.3, -0.25) is 4.79 Å². The fourth-order valence-electron chi connectivity index (χ4n) is 1.32. The zero-order chi connectivity index (χ0) is 13.0. The number of ether oxygens (including phenoxy) is 1. The topological polar surface area (TPSA) is 64.1 Å². The van der Waals surface area contributed by atoms with E-state index in [0.717, 1.165) is 0 Å². The molecule has 1 amide bonds. The van der Waals surface area contributed by atoms with Crippen molar-refractivity contribution in [3.05, 3.63) is 46.8 Å². The van der Waals surface area contributed by atoms with Crippen LogP contribution >= 0.6 is 15.9 Å². The molecule has 5 nitrogen and oxygen atoms in total. The Labute approximate surface area is 112 Å². The first-order valence-electron chi connectivity index (χ1n) is 5.12. The predicted octanol–water partition coefficient (Wildman–Crippen LogP) is 2.50. The number of nitrogens with zero attached hydrogens (tertiary/aromatic N) is 2. The fourth-order valence-corrected chi connectivity index (χ4v) is 1.69. The van der Waals surface area contributed by atoms with Gasteiger partial charge < -0.3 is 10.1 Å². The van der Waals surface area contributed by atoms with E-state index in [1.54, 1.807) is 30.5 Å². The van der Waals surface area contributed by atoms with E-state index in [-0.39, 0.29) is 5.91 Å². The molecule has 0 fully saturated rings. The van der Waals surface area contributed by atoms with Gasteiger partial charge in [-0.25, -0.2) is 9.97 Å². The molecule has 0 bridgehead atoms. The van der Waals surface area contributed by atoms with Crippen LogP contribution in [0.5, 0.6) is 5.88 Å². The Bertz CT molecular complexity index is 558. The first kappa shape index (κ1) is 12.5. The van der Waals surface area contributed by atoms with Crippen molar-refractivity contribution in [1.29, 1.82) is 0 Å². The summed E-state index contributed by atoms with van der Waals surface area (Å²) in [5.41, 5.74) is 1.13. The number of hydrogen-bond donors (Lipinski definition) is 1. The highest BCUT2D eigenvalue weighted by Gasteiger charge is 2.07. The van der Waals surface area contributed by atoms with Crippen LogP contribution in [0.4, 0.5) is 5.69 Å². The maximum Gasteiger partial charge on any atom is 0.255 e. The Hall–Kier alpha value is -1.95. The second kappa shape index (κ2) is 5.59. The zero-order valence-electron chi connectivity index (χ0n) is 9.55. The van der Waals surface area contributed by atoms with E-state index >= 15 is 0 Å². The average molecular weight is 308 g/mol. The van der Waals surface area contributed by atoms with Crippen molar-refractivity contribution >= 4 is 27.5 Å².